The van der Waals surface area contributed by atoms with Gasteiger partial charge in [-0.1, -0.05) is 19.0 Å². The summed E-state index contributed by atoms with van der Waals surface area (Å²) in [5.74, 6) is 1.22. The summed E-state index contributed by atoms with van der Waals surface area (Å²) in [6, 6.07) is 0. The maximum Gasteiger partial charge on any atom is 0.267 e. The van der Waals surface area contributed by atoms with E-state index in [-0.39, 0.29) is 5.91 Å². The molecule has 0 bridgehead atoms. The average Bonchev–Trinajstić information content (AvgIpc) is 3.05. The molecule has 0 aliphatic carbocycles. The average molecular weight is 303 g/mol. The van der Waals surface area contributed by atoms with Crippen LogP contribution < -0.4 is 4.90 Å². The highest BCUT2D eigenvalue weighted by Crippen LogP contribution is 2.19. The normalized spacial score (nSPS) is 21.8. The smallest absolute Gasteiger partial charge is 0.267 e. The van der Waals surface area contributed by atoms with Gasteiger partial charge in [-0.3, -0.25) is 9.78 Å². The minimum absolute atomic E-state index is 0.0400. The van der Waals surface area contributed by atoms with Gasteiger partial charge in [0.25, 0.3) is 5.91 Å². The lowest BCUT2D eigenvalue weighted by Gasteiger charge is -2.35. The van der Waals surface area contributed by atoms with Gasteiger partial charge in [-0.05, 0) is 5.92 Å². The molecule has 1 aromatic heterocycles. The Morgan fingerprint density at radius 2 is 2.05 bits per heavy atom. The maximum atomic E-state index is 12.5. The molecule has 1 saturated heterocycles. The lowest BCUT2D eigenvalue weighted by Crippen LogP contribution is -2.51. The molecule has 3 rings (SSSR count). The van der Waals surface area contributed by atoms with Gasteiger partial charge < -0.3 is 14.6 Å². The van der Waals surface area contributed by atoms with Crippen LogP contribution in [0.25, 0.3) is 0 Å². The topological polar surface area (TPSA) is 70.9 Å². The quantitative estimate of drug-likeness (QED) is 0.830. The Kier molecular flexibility index (Phi) is 4.22. The van der Waals surface area contributed by atoms with E-state index in [1.807, 2.05) is 4.90 Å². The third-order valence-corrected chi connectivity index (χ3v) is 4.10. The van der Waals surface area contributed by atoms with E-state index >= 15 is 0 Å². The van der Waals surface area contributed by atoms with Crippen LogP contribution in [0.1, 0.15) is 20.3 Å². The fourth-order valence-electron chi connectivity index (χ4n) is 2.68. The summed E-state index contributed by atoms with van der Waals surface area (Å²) in [6.45, 7) is 6.99. The van der Waals surface area contributed by atoms with E-state index in [0.29, 0.717) is 25.4 Å². The van der Waals surface area contributed by atoms with E-state index in [1.54, 1.807) is 18.6 Å². The Morgan fingerprint density at radius 3 is 2.64 bits per heavy atom. The zero-order valence-electron chi connectivity index (χ0n) is 13.0. The molecular formula is C15H21N5O2. The number of nitrogens with zero attached hydrogens (tertiary/aromatic N) is 5. The van der Waals surface area contributed by atoms with Crippen LogP contribution in [0.3, 0.4) is 0 Å². The first kappa shape index (κ1) is 14.7. The van der Waals surface area contributed by atoms with Gasteiger partial charge in [-0.25, -0.2) is 4.98 Å². The summed E-state index contributed by atoms with van der Waals surface area (Å²) < 4.78 is 0. The van der Waals surface area contributed by atoms with Gasteiger partial charge >= 0.3 is 0 Å². The molecule has 22 heavy (non-hydrogen) atoms. The van der Waals surface area contributed by atoms with Crippen molar-refractivity contribution in [3.8, 4) is 0 Å². The summed E-state index contributed by atoms with van der Waals surface area (Å²) in [5, 5.41) is 4.04. The van der Waals surface area contributed by atoms with Crippen molar-refractivity contribution in [2.45, 2.75) is 26.4 Å². The van der Waals surface area contributed by atoms with Crippen LogP contribution in [0.2, 0.25) is 0 Å². The zero-order valence-corrected chi connectivity index (χ0v) is 13.0. The van der Waals surface area contributed by atoms with Gasteiger partial charge in [-0.15, -0.1) is 0 Å². The van der Waals surface area contributed by atoms with E-state index in [0.717, 1.165) is 24.6 Å². The first-order valence-corrected chi connectivity index (χ1v) is 7.67. The fourth-order valence-corrected chi connectivity index (χ4v) is 2.68. The zero-order chi connectivity index (χ0) is 15.5. The molecule has 3 heterocycles. The van der Waals surface area contributed by atoms with E-state index in [1.165, 1.54) is 0 Å². The van der Waals surface area contributed by atoms with Gasteiger partial charge in [0.05, 0.1) is 11.9 Å². The van der Waals surface area contributed by atoms with E-state index < -0.39 is 6.10 Å². The molecule has 0 radical (unpaired) electrons. The standard InChI is InChI=1S/C15H21N5O2/c1-11(2)12-9-13(22-18-12)15(21)20-7-5-19(6-8-20)14-10-16-3-4-17-14/h3-4,10-11,13H,5-9H2,1-2H3. The minimum atomic E-state index is -0.444. The summed E-state index contributed by atoms with van der Waals surface area (Å²) in [7, 11) is 0. The molecule has 1 fully saturated rings. The maximum absolute atomic E-state index is 12.5. The van der Waals surface area contributed by atoms with Crippen molar-refractivity contribution in [3.05, 3.63) is 18.6 Å². The van der Waals surface area contributed by atoms with Gasteiger partial charge in [0.2, 0.25) is 6.10 Å². The summed E-state index contributed by atoms with van der Waals surface area (Å²) in [4.78, 5) is 30.2. The number of aromatic nitrogens is 2. The van der Waals surface area contributed by atoms with Crippen molar-refractivity contribution in [1.29, 1.82) is 0 Å². The molecule has 0 spiro atoms. The van der Waals surface area contributed by atoms with E-state index in [9.17, 15) is 4.79 Å². The fraction of sp³-hybridized carbons (Fsp3) is 0.600. The summed E-state index contributed by atoms with van der Waals surface area (Å²) in [5.41, 5.74) is 0.969. The molecular weight excluding hydrogens is 282 g/mol. The molecule has 1 atom stereocenters. The molecule has 1 aromatic rings. The third kappa shape index (κ3) is 3.03. The van der Waals surface area contributed by atoms with Crippen LogP contribution in [0, 0.1) is 5.92 Å². The van der Waals surface area contributed by atoms with E-state index in [4.69, 9.17) is 4.84 Å². The number of rotatable bonds is 3. The molecule has 0 saturated carbocycles. The van der Waals surface area contributed by atoms with Crippen LogP contribution in [-0.4, -0.2) is 58.8 Å². The number of hydrogen-bond acceptors (Lipinski definition) is 6. The van der Waals surface area contributed by atoms with Crippen LogP contribution in [0.15, 0.2) is 23.7 Å². The van der Waals surface area contributed by atoms with Crippen LogP contribution in [-0.2, 0) is 9.63 Å². The van der Waals surface area contributed by atoms with Gasteiger partial charge in [-0.2, -0.15) is 0 Å². The lowest BCUT2D eigenvalue weighted by molar-refractivity contribution is -0.142. The molecule has 0 aromatic carbocycles. The number of anilines is 1. The Labute approximate surface area is 130 Å². The number of oxime groups is 1. The highest BCUT2D eigenvalue weighted by molar-refractivity contribution is 5.93. The number of amides is 1. The summed E-state index contributed by atoms with van der Waals surface area (Å²) >= 11 is 0. The molecule has 2 aliphatic rings. The van der Waals surface area contributed by atoms with Crippen LogP contribution in [0.5, 0.6) is 0 Å². The Balaban J connectivity index is 1.53. The van der Waals surface area contributed by atoms with Crippen molar-refractivity contribution in [2.24, 2.45) is 11.1 Å². The second kappa shape index (κ2) is 6.29. The molecule has 1 amide bonds. The van der Waals surface area contributed by atoms with Gasteiger partial charge in [0.1, 0.15) is 5.82 Å². The largest absolute Gasteiger partial charge is 0.382 e. The minimum Gasteiger partial charge on any atom is -0.382 e. The second-order valence-electron chi connectivity index (χ2n) is 5.91. The molecule has 1 unspecified atom stereocenters. The Bertz CT molecular complexity index is 552. The number of hydrogen-bond donors (Lipinski definition) is 0. The first-order chi connectivity index (χ1) is 10.6. The summed E-state index contributed by atoms with van der Waals surface area (Å²) in [6.07, 6.45) is 5.26. The predicted molar refractivity (Wildman–Crippen MR) is 82.6 cm³/mol. The monoisotopic (exact) mass is 303 g/mol. The van der Waals surface area contributed by atoms with Gasteiger partial charge in [0, 0.05) is 45.0 Å². The number of carbonyl (C=O) groups is 1. The van der Waals surface area contributed by atoms with E-state index in [2.05, 4.69) is 33.9 Å². The van der Waals surface area contributed by atoms with Crippen molar-refractivity contribution in [3.63, 3.8) is 0 Å². The van der Waals surface area contributed by atoms with Crippen molar-refractivity contribution in [2.75, 3.05) is 31.1 Å². The van der Waals surface area contributed by atoms with Crippen molar-refractivity contribution in [1.82, 2.24) is 14.9 Å². The van der Waals surface area contributed by atoms with Crippen molar-refractivity contribution >= 4 is 17.4 Å². The Morgan fingerprint density at radius 1 is 1.27 bits per heavy atom. The molecule has 2 aliphatic heterocycles. The molecule has 7 nitrogen and oxygen atoms in total. The van der Waals surface area contributed by atoms with Crippen molar-refractivity contribution < 1.29 is 9.63 Å². The molecule has 7 heteroatoms. The van der Waals surface area contributed by atoms with Crippen LogP contribution in [0.4, 0.5) is 5.82 Å². The third-order valence-electron chi connectivity index (χ3n) is 4.10. The predicted octanol–water partition coefficient (Wildman–Crippen LogP) is 0.926. The SMILES string of the molecule is CC(C)C1=NOC(C(=O)N2CCN(c3cnccn3)CC2)C1. The molecule has 0 N–H and O–H groups in total. The lowest BCUT2D eigenvalue weighted by atomic mass is 10.0. The molecule has 118 valence electrons. The Hall–Kier alpha value is -2.18. The highest BCUT2D eigenvalue weighted by atomic mass is 16.6. The highest BCUT2D eigenvalue weighted by Gasteiger charge is 2.34. The first-order valence-electron chi connectivity index (χ1n) is 7.67. The second-order valence-corrected chi connectivity index (χ2v) is 5.91. The number of piperazine rings is 1. The van der Waals surface area contributed by atoms with Gasteiger partial charge in [0.15, 0.2) is 0 Å². The number of carbonyl (C=O) groups excluding carboxylic acids is 1. The van der Waals surface area contributed by atoms with Crippen LogP contribution >= 0.6 is 0 Å².